The first kappa shape index (κ1) is 20.7. The number of carbonyl (C=O) groups is 1. The summed E-state index contributed by atoms with van der Waals surface area (Å²) in [5.41, 5.74) is 1.64. The summed E-state index contributed by atoms with van der Waals surface area (Å²) in [6, 6.07) is 15.2. The van der Waals surface area contributed by atoms with Crippen molar-refractivity contribution >= 4 is 23.4 Å². The lowest BCUT2D eigenvalue weighted by Crippen LogP contribution is -2.23. The first-order valence-electron chi connectivity index (χ1n) is 9.25. The molecule has 0 bridgehead atoms. The van der Waals surface area contributed by atoms with Crippen molar-refractivity contribution < 1.29 is 14.3 Å². The molecule has 2 aromatic carbocycles. The minimum atomic E-state index is -0.360. The van der Waals surface area contributed by atoms with Crippen molar-refractivity contribution in [3.8, 4) is 22.9 Å². The Morgan fingerprint density at radius 1 is 1.10 bits per heavy atom. The zero-order valence-corrected chi connectivity index (χ0v) is 17.7. The minimum Gasteiger partial charge on any atom is -0.493 e. The van der Waals surface area contributed by atoms with Gasteiger partial charge in [0.25, 0.3) is 0 Å². The molecule has 8 heteroatoms. The fourth-order valence-electron chi connectivity index (χ4n) is 2.83. The molecule has 0 radical (unpaired) electrons. The summed E-state index contributed by atoms with van der Waals surface area (Å²) >= 11 is 1.38. The van der Waals surface area contributed by atoms with Crippen LogP contribution in [-0.2, 0) is 11.3 Å². The molecule has 0 saturated heterocycles. The Balaban J connectivity index is 1.72. The molecular weight excluding hydrogens is 388 g/mol. The average molecular weight is 413 g/mol. The number of methoxy groups -OCH3 is 2. The van der Waals surface area contributed by atoms with E-state index in [0.29, 0.717) is 28.9 Å². The molecule has 0 aliphatic heterocycles. The lowest BCUT2D eigenvalue weighted by molar-refractivity contribution is -0.115. The highest BCUT2D eigenvalue weighted by Crippen LogP contribution is 2.31. The van der Waals surface area contributed by atoms with E-state index >= 15 is 0 Å². The van der Waals surface area contributed by atoms with Gasteiger partial charge in [0.2, 0.25) is 5.91 Å². The predicted octanol–water partition coefficient (Wildman–Crippen LogP) is 4.10. The normalized spacial score (nSPS) is 11.7. The number of thioether (sulfide) groups is 1. The van der Waals surface area contributed by atoms with Gasteiger partial charge in [0, 0.05) is 23.9 Å². The van der Waals surface area contributed by atoms with Crippen LogP contribution in [0.3, 0.4) is 0 Å². The van der Waals surface area contributed by atoms with Crippen LogP contribution in [0.2, 0.25) is 0 Å². The van der Waals surface area contributed by atoms with Crippen LogP contribution in [0.15, 0.2) is 53.7 Å². The molecule has 1 N–H and O–H groups in total. The molecule has 152 valence electrons. The molecule has 0 aliphatic rings. The van der Waals surface area contributed by atoms with Crippen molar-refractivity contribution in [2.45, 2.75) is 30.8 Å². The monoisotopic (exact) mass is 412 g/mol. The second kappa shape index (κ2) is 9.47. The smallest absolute Gasteiger partial charge is 0.237 e. The minimum absolute atomic E-state index is 0.130. The molecule has 1 atom stereocenters. The van der Waals surface area contributed by atoms with Crippen molar-refractivity contribution in [2.75, 3.05) is 19.5 Å². The molecule has 29 heavy (non-hydrogen) atoms. The lowest BCUT2D eigenvalue weighted by Gasteiger charge is -2.14. The Kier molecular flexibility index (Phi) is 6.77. The van der Waals surface area contributed by atoms with Crippen molar-refractivity contribution in [1.82, 2.24) is 14.8 Å². The molecule has 0 aliphatic carbocycles. The molecule has 0 saturated carbocycles. The van der Waals surface area contributed by atoms with E-state index < -0.39 is 0 Å². The molecule has 1 amide bonds. The zero-order chi connectivity index (χ0) is 20.8. The number of hydrogen-bond acceptors (Lipinski definition) is 6. The summed E-state index contributed by atoms with van der Waals surface area (Å²) in [7, 11) is 3.13. The summed E-state index contributed by atoms with van der Waals surface area (Å²) in [4.78, 5) is 12.7. The predicted molar refractivity (Wildman–Crippen MR) is 115 cm³/mol. The van der Waals surface area contributed by atoms with Crippen molar-refractivity contribution in [2.24, 2.45) is 0 Å². The molecule has 0 unspecified atom stereocenters. The third-order valence-electron chi connectivity index (χ3n) is 4.37. The summed E-state index contributed by atoms with van der Waals surface area (Å²) in [6.45, 7) is 4.59. The Hall–Kier alpha value is -3.00. The topological polar surface area (TPSA) is 78.3 Å². The van der Waals surface area contributed by atoms with Crippen LogP contribution in [0.4, 0.5) is 5.69 Å². The van der Waals surface area contributed by atoms with Crippen molar-refractivity contribution in [3.63, 3.8) is 0 Å². The fraction of sp³-hybridized carbons (Fsp3) is 0.286. The molecular formula is C21H24N4O3S. The molecule has 3 aromatic rings. The lowest BCUT2D eigenvalue weighted by atomic mass is 10.2. The van der Waals surface area contributed by atoms with E-state index in [1.165, 1.54) is 11.8 Å². The maximum Gasteiger partial charge on any atom is 0.237 e. The fourth-order valence-corrected chi connectivity index (χ4v) is 3.74. The van der Waals surface area contributed by atoms with E-state index in [-0.39, 0.29) is 11.2 Å². The highest BCUT2D eigenvalue weighted by Gasteiger charge is 2.20. The number of ether oxygens (including phenoxy) is 2. The first-order chi connectivity index (χ1) is 14.1. The number of hydrogen-bond donors (Lipinski definition) is 1. The van der Waals surface area contributed by atoms with Crippen LogP contribution in [0, 0.1) is 0 Å². The van der Waals surface area contributed by atoms with E-state index in [1.807, 2.05) is 48.7 Å². The third-order valence-corrected chi connectivity index (χ3v) is 5.45. The van der Waals surface area contributed by atoms with Gasteiger partial charge in [-0.1, -0.05) is 42.1 Å². The highest BCUT2D eigenvalue weighted by atomic mass is 32.2. The number of anilines is 1. The Labute approximate surface area is 174 Å². The van der Waals surface area contributed by atoms with E-state index in [1.54, 1.807) is 32.4 Å². The van der Waals surface area contributed by atoms with Crippen LogP contribution in [-0.4, -0.2) is 40.1 Å². The number of aromatic nitrogens is 3. The number of carbonyl (C=O) groups excluding carboxylic acids is 1. The van der Waals surface area contributed by atoms with Gasteiger partial charge in [-0.2, -0.15) is 0 Å². The molecule has 3 rings (SSSR count). The molecule has 1 heterocycles. The van der Waals surface area contributed by atoms with Crippen molar-refractivity contribution in [1.29, 1.82) is 0 Å². The summed E-state index contributed by atoms with van der Waals surface area (Å²) in [6.07, 6.45) is 0. The quantitative estimate of drug-likeness (QED) is 0.561. The molecule has 0 spiro atoms. The van der Waals surface area contributed by atoms with E-state index in [9.17, 15) is 4.79 Å². The van der Waals surface area contributed by atoms with E-state index in [2.05, 4.69) is 15.5 Å². The number of benzene rings is 2. The second-order valence-corrected chi connectivity index (χ2v) is 7.54. The van der Waals surface area contributed by atoms with Crippen LogP contribution in [0.5, 0.6) is 11.5 Å². The third kappa shape index (κ3) is 4.71. The van der Waals surface area contributed by atoms with Crippen LogP contribution < -0.4 is 14.8 Å². The van der Waals surface area contributed by atoms with Gasteiger partial charge in [0.05, 0.1) is 19.5 Å². The number of amides is 1. The summed E-state index contributed by atoms with van der Waals surface area (Å²) in [5, 5.41) is 11.9. The molecule has 1 aromatic heterocycles. The van der Waals surface area contributed by atoms with Crippen LogP contribution >= 0.6 is 11.8 Å². The Morgan fingerprint density at radius 3 is 2.48 bits per heavy atom. The maximum atomic E-state index is 12.7. The highest BCUT2D eigenvalue weighted by molar-refractivity contribution is 8.00. The Morgan fingerprint density at radius 2 is 1.83 bits per heavy atom. The van der Waals surface area contributed by atoms with Gasteiger partial charge in [-0.05, 0) is 26.0 Å². The van der Waals surface area contributed by atoms with Gasteiger partial charge in [0.1, 0.15) is 0 Å². The molecule has 7 nitrogen and oxygen atoms in total. The summed E-state index contributed by atoms with van der Waals surface area (Å²) in [5.74, 6) is 1.83. The SMILES string of the molecule is CCn1c(S[C@H](C)C(=O)Nc2ccc(OC)c(OC)c2)nnc1-c1ccccc1. The van der Waals surface area contributed by atoms with E-state index in [0.717, 1.165) is 11.4 Å². The zero-order valence-electron chi connectivity index (χ0n) is 16.9. The van der Waals surface area contributed by atoms with E-state index in [4.69, 9.17) is 9.47 Å². The standard InChI is InChI=1S/C21H24N4O3S/c1-5-25-19(15-9-7-6-8-10-15)23-24-21(25)29-14(2)20(26)22-16-11-12-17(27-3)18(13-16)28-4/h6-14H,5H2,1-4H3,(H,22,26)/t14-/m1/s1. The van der Waals surface area contributed by atoms with Gasteiger partial charge in [0.15, 0.2) is 22.5 Å². The van der Waals surface area contributed by atoms with Gasteiger partial charge in [-0.15, -0.1) is 10.2 Å². The maximum absolute atomic E-state index is 12.7. The van der Waals surface area contributed by atoms with Gasteiger partial charge in [-0.25, -0.2) is 0 Å². The van der Waals surface area contributed by atoms with Gasteiger partial charge in [-0.3, -0.25) is 4.79 Å². The summed E-state index contributed by atoms with van der Waals surface area (Å²) < 4.78 is 12.5. The van der Waals surface area contributed by atoms with Gasteiger partial charge >= 0.3 is 0 Å². The number of rotatable bonds is 8. The molecule has 0 fully saturated rings. The number of nitrogens with one attached hydrogen (secondary N) is 1. The largest absolute Gasteiger partial charge is 0.493 e. The number of nitrogens with zero attached hydrogens (tertiary/aromatic N) is 3. The van der Waals surface area contributed by atoms with Gasteiger partial charge < -0.3 is 19.4 Å². The first-order valence-corrected chi connectivity index (χ1v) is 10.1. The second-order valence-electron chi connectivity index (χ2n) is 6.24. The average Bonchev–Trinajstić information content (AvgIpc) is 3.16. The van der Waals surface area contributed by atoms with Crippen LogP contribution in [0.1, 0.15) is 13.8 Å². The van der Waals surface area contributed by atoms with Crippen molar-refractivity contribution in [3.05, 3.63) is 48.5 Å². The Bertz CT molecular complexity index is 975. The van der Waals surface area contributed by atoms with Crippen LogP contribution in [0.25, 0.3) is 11.4 Å².